The van der Waals surface area contributed by atoms with Crippen molar-refractivity contribution in [2.45, 2.75) is 13.1 Å². The molecule has 0 saturated heterocycles. The van der Waals surface area contributed by atoms with Gasteiger partial charge in [-0.05, 0) is 35.4 Å². The molecule has 45 heavy (non-hydrogen) atoms. The Morgan fingerprint density at radius 3 is 1.16 bits per heavy atom. The van der Waals surface area contributed by atoms with Crippen LogP contribution in [0.25, 0.3) is 0 Å². The highest BCUT2D eigenvalue weighted by Gasteiger charge is 2.38. The van der Waals surface area contributed by atoms with Gasteiger partial charge < -0.3 is 4.90 Å². The monoisotopic (exact) mass is 596 g/mol. The highest BCUT2D eigenvalue weighted by atomic mass is 16.2. The fraction of sp³-hybridized carbons (Fsp3) is 0.0606. The van der Waals surface area contributed by atoms with E-state index >= 15 is 0 Å². The van der Waals surface area contributed by atoms with Crippen molar-refractivity contribution in [3.63, 3.8) is 0 Å². The topological polar surface area (TPSA) is 141 Å². The molecule has 0 spiro atoms. The predicted octanol–water partition coefficient (Wildman–Crippen LogP) is 4.32. The van der Waals surface area contributed by atoms with E-state index in [1.54, 1.807) is 48.5 Å². The molecular weight excluding hydrogens is 572 g/mol. The Labute approximate surface area is 256 Å². The van der Waals surface area contributed by atoms with Gasteiger partial charge >= 0.3 is 0 Å². The zero-order chi connectivity index (χ0) is 30.9. The average molecular weight is 597 g/mol. The van der Waals surface area contributed by atoms with Crippen LogP contribution in [0.2, 0.25) is 0 Å². The van der Waals surface area contributed by atoms with Gasteiger partial charge in [-0.1, -0.05) is 84.9 Å². The summed E-state index contributed by atoms with van der Waals surface area (Å²) in [5.74, 6) is -2.43. The Kier molecular flexibility index (Phi) is 6.91. The smallest absolute Gasteiger partial charge is 0.280 e. The average Bonchev–Trinajstić information content (AvgIpc) is 3.46. The molecule has 0 unspecified atom stereocenters. The van der Waals surface area contributed by atoms with E-state index in [1.807, 2.05) is 65.6 Å². The van der Waals surface area contributed by atoms with Crippen LogP contribution in [0.1, 0.15) is 52.6 Å². The summed E-state index contributed by atoms with van der Waals surface area (Å²) in [5.41, 5.74) is 8.36. The van der Waals surface area contributed by atoms with Crippen LogP contribution in [0, 0.1) is 0 Å². The van der Waals surface area contributed by atoms with Crippen LogP contribution in [0.5, 0.6) is 0 Å². The summed E-state index contributed by atoms with van der Waals surface area (Å²) in [6.07, 6.45) is 0. The number of hydrogen-bond donors (Lipinski definition) is 2. The number of carbonyl (C=O) groups excluding carboxylic acids is 4. The number of nitrogens with zero attached hydrogens (tertiary/aromatic N) is 6. The molecule has 1 aromatic heterocycles. The molecule has 12 heteroatoms. The molecule has 3 heterocycles. The third-order valence-electron chi connectivity index (χ3n) is 7.35. The normalized spacial score (nSPS) is 13.6. The van der Waals surface area contributed by atoms with Crippen molar-refractivity contribution in [2.24, 2.45) is 0 Å². The van der Waals surface area contributed by atoms with Crippen LogP contribution >= 0.6 is 0 Å². The number of nitrogens with one attached hydrogen (secondary N) is 2. The van der Waals surface area contributed by atoms with Crippen molar-refractivity contribution < 1.29 is 19.2 Å². The summed E-state index contributed by atoms with van der Waals surface area (Å²) in [6.45, 7) is 0.775. The molecule has 0 radical (unpaired) electrons. The molecule has 0 saturated carbocycles. The number of amides is 4. The fourth-order valence-corrected chi connectivity index (χ4v) is 5.19. The highest BCUT2D eigenvalue weighted by Crippen LogP contribution is 2.26. The number of imide groups is 2. The number of rotatable bonds is 9. The standard InChI is InChI=1S/C33H24N8O4/c42-27-23-15-7-8-16-24(23)28(43)40(27)37-31-34-32(38-41-29(44)25-17-9-10-18-26(25)30(41)45)36-33(35-31)39(19-21-11-3-1-4-12-21)20-22-13-5-2-6-14-22/h1-18H,19-20H2,(H2,34,35,36,37,38). The van der Waals surface area contributed by atoms with Crippen molar-refractivity contribution in [2.75, 3.05) is 15.8 Å². The van der Waals surface area contributed by atoms with Crippen LogP contribution in [0.4, 0.5) is 17.8 Å². The summed E-state index contributed by atoms with van der Waals surface area (Å²) in [7, 11) is 0. The SMILES string of the molecule is O=C1c2ccccc2C(=O)N1Nc1nc(NN2C(=O)c3ccccc3C2=O)nc(N(Cc2ccccc2)Cc2ccccc2)n1. The van der Waals surface area contributed by atoms with Gasteiger partial charge in [-0.25, -0.2) is 0 Å². The molecule has 12 nitrogen and oxygen atoms in total. The molecule has 2 N–H and O–H groups in total. The molecule has 2 aliphatic heterocycles. The van der Waals surface area contributed by atoms with E-state index < -0.39 is 23.6 Å². The molecule has 0 aliphatic carbocycles. The molecule has 2 aliphatic rings. The lowest BCUT2D eigenvalue weighted by atomic mass is 10.1. The molecule has 0 atom stereocenters. The van der Waals surface area contributed by atoms with Gasteiger partial charge in [0.15, 0.2) is 0 Å². The van der Waals surface area contributed by atoms with E-state index in [0.717, 1.165) is 21.1 Å². The highest BCUT2D eigenvalue weighted by molar-refractivity contribution is 6.22. The maximum absolute atomic E-state index is 13.1. The fourth-order valence-electron chi connectivity index (χ4n) is 5.19. The van der Waals surface area contributed by atoms with E-state index in [-0.39, 0.29) is 40.1 Å². The second-order valence-corrected chi connectivity index (χ2v) is 10.3. The quantitative estimate of drug-likeness (QED) is 0.236. The van der Waals surface area contributed by atoms with Crippen molar-refractivity contribution >= 4 is 41.5 Å². The van der Waals surface area contributed by atoms with Gasteiger partial charge in [-0.2, -0.15) is 25.0 Å². The van der Waals surface area contributed by atoms with Crippen LogP contribution in [-0.4, -0.2) is 48.6 Å². The Morgan fingerprint density at radius 1 is 0.467 bits per heavy atom. The first kappa shape index (κ1) is 27.4. The number of aromatic nitrogens is 3. The number of anilines is 3. The third kappa shape index (κ3) is 5.20. The first-order valence-corrected chi connectivity index (χ1v) is 14.0. The zero-order valence-electron chi connectivity index (χ0n) is 23.6. The first-order chi connectivity index (χ1) is 22.0. The van der Waals surface area contributed by atoms with Crippen molar-refractivity contribution in [1.82, 2.24) is 25.0 Å². The van der Waals surface area contributed by atoms with Gasteiger partial charge in [0.1, 0.15) is 0 Å². The van der Waals surface area contributed by atoms with Gasteiger partial charge in [0.25, 0.3) is 23.6 Å². The lowest BCUT2D eigenvalue weighted by Crippen LogP contribution is -2.38. The molecule has 220 valence electrons. The second kappa shape index (κ2) is 11.3. The van der Waals surface area contributed by atoms with Crippen LogP contribution in [0.15, 0.2) is 109 Å². The van der Waals surface area contributed by atoms with Gasteiger partial charge in [-0.3, -0.25) is 30.0 Å². The maximum atomic E-state index is 13.1. The predicted molar refractivity (Wildman–Crippen MR) is 164 cm³/mol. The van der Waals surface area contributed by atoms with Crippen molar-refractivity contribution in [1.29, 1.82) is 0 Å². The number of hydrazine groups is 2. The maximum Gasteiger partial charge on any atom is 0.280 e. The van der Waals surface area contributed by atoms with E-state index in [1.165, 1.54) is 0 Å². The summed E-state index contributed by atoms with van der Waals surface area (Å²) in [5, 5.41) is 1.66. The lowest BCUT2D eigenvalue weighted by molar-refractivity contribution is 0.0676. The Morgan fingerprint density at radius 2 is 0.800 bits per heavy atom. The summed E-state index contributed by atoms with van der Waals surface area (Å²) >= 11 is 0. The summed E-state index contributed by atoms with van der Waals surface area (Å²) in [6, 6.07) is 32.3. The van der Waals surface area contributed by atoms with E-state index in [2.05, 4.69) is 25.8 Å². The number of carbonyl (C=O) groups is 4. The summed E-state index contributed by atoms with van der Waals surface area (Å²) in [4.78, 5) is 68.0. The minimum atomic E-state index is -0.571. The van der Waals surface area contributed by atoms with E-state index in [9.17, 15) is 19.2 Å². The number of benzene rings is 4. The van der Waals surface area contributed by atoms with E-state index in [0.29, 0.717) is 13.1 Å². The molecule has 4 amide bonds. The first-order valence-electron chi connectivity index (χ1n) is 14.0. The summed E-state index contributed by atoms with van der Waals surface area (Å²) < 4.78 is 0. The van der Waals surface area contributed by atoms with E-state index in [4.69, 9.17) is 0 Å². The second-order valence-electron chi connectivity index (χ2n) is 10.3. The molecule has 4 aromatic carbocycles. The molecule has 0 bridgehead atoms. The number of fused-ring (bicyclic) bond motifs is 2. The van der Waals surface area contributed by atoms with Crippen LogP contribution in [-0.2, 0) is 13.1 Å². The Bertz CT molecular complexity index is 1760. The van der Waals surface area contributed by atoms with Gasteiger partial charge in [-0.15, -0.1) is 0 Å². The molecule has 7 rings (SSSR count). The minimum absolute atomic E-state index is 0.153. The Balaban J connectivity index is 1.28. The number of hydrogen-bond acceptors (Lipinski definition) is 10. The molecule has 0 fully saturated rings. The van der Waals surface area contributed by atoms with Gasteiger partial charge in [0.05, 0.1) is 22.3 Å². The minimum Gasteiger partial charge on any atom is -0.332 e. The largest absolute Gasteiger partial charge is 0.332 e. The molecule has 5 aromatic rings. The van der Waals surface area contributed by atoms with Crippen LogP contribution in [0.3, 0.4) is 0 Å². The Hall–Kier alpha value is -6.43. The van der Waals surface area contributed by atoms with Gasteiger partial charge in [0.2, 0.25) is 17.8 Å². The van der Waals surface area contributed by atoms with Crippen LogP contribution < -0.4 is 15.8 Å². The molecular formula is C33H24N8O4. The van der Waals surface area contributed by atoms with Crippen molar-refractivity contribution in [3.8, 4) is 0 Å². The zero-order valence-corrected chi connectivity index (χ0v) is 23.6. The lowest BCUT2D eigenvalue weighted by Gasteiger charge is -2.25. The third-order valence-corrected chi connectivity index (χ3v) is 7.35. The van der Waals surface area contributed by atoms with Gasteiger partial charge in [0, 0.05) is 13.1 Å². The van der Waals surface area contributed by atoms with Crippen molar-refractivity contribution in [3.05, 3.63) is 143 Å².